The first-order valence-corrected chi connectivity index (χ1v) is 16.2. The fourth-order valence-electron chi connectivity index (χ4n) is 2.79. The molecule has 0 fully saturated rings. The molecule has 1 unspecified atom stereocenters. The summed E-state index contributed by atoms with van der Waals surface area (Å²) in [7, 11) is -1.50. The molecule has 0 aliphatic rings. The Labute approximate surface area is 208 Å². The Morgan fingerprint density at radius 3 is 2.59 bits per heavy atom. The van der Waals surface area contributed by atoms with E-state index in [0.717, 1.165) is 21.1 Å². The topological polar surface area (TPSA) is 91.5 Å². The monoisotopic (exact) mass is 519 g/mol. The lowest BCUT2D eigenvalue weighted by atomic mass is 10.2. The first-order valence-electron chi connectivity index (χ1n) is 10.9. The van der Waals surface area contributed by atoms with Gasteiger partial charge in [-0.05, 0) is 43.3 Å². The molecule has 1 atom stereocenters. The Hall–Kier alpha value is -2.05. The summed E-state index contributed by atoms with van der Waals surface area (Å²) in [5.41, 5.74) is 2.32. The molecule has 0 N–H and O–H groups in total. The molecule has 3 rings (SSSR count). The summed E-state index contributed by atoms with van der Waals surface area (Å²) in [6.45, 7) is 13.8. The molecule has 0 amide bonds. The van der Waals surface area contributed by atoms with E-state index in [-0.39, 0.29) is 5.04 Å². The number of rotatable bonds is 8. The smallest absolute Gasteiger partial charge is 0.218 e. The van der Waals surface area contributed by atoms with E-state index in [4.69, 9.17) is 19.1 Å². The number of methoxy groups -OCH3 is 1. The molecule has 184 valence electrons. The van der Waals surface area contributed by atoms with Crippen LogP contribution >= 0.6 is 11.3 Å². The number of hydrogen-bond donors (Lipinski definition) is 0. The van der Waals surface area contributed by atoms with Crippen LogP contribution in [0.2, 0.25) is 18.1 Å². The molecule has 0 aliphatic heterocycles. The lowest BCUT2D eigenvalue weighted by Crippen LogP contribution is -2.40. The summed E-state index contributed by atoms with van der Waals surface area (Å²) in [6, 6.07) is 7.66. The van der Waals surface area contributed by atoms with Crippen LogP contribution in [0.1, 0.15) is 32.2 Å². The number of thiazole rings is 1. The maximum absolute atomic E-state index is 11.9. The zero-order chi connectivity index (χ0) is 25.1. The first-order chi connectivity index (χ1) is 15.9. The van der Waals surface area contributed by atoms with Gasteiger partial charge in [0.2, 0.25) is 5.16 Å². The summed E-state index contributed by atoms with van der Waals surface area (Å²) in [6.07, 6.45) is 3.51. The molecule has 0 spiro atoms. The van der Waals surface area contributed by atoms with Crippen molar-refractivity contribution in [1.82, 2.24) is 19.5 Å². The van der Waals surface area contributed by atoms with Crippen LogP contribution < -0.4 is 4.80 Å². The van der Waals surface area contributed by atoms with Crippen molar-refractivity contribution in [2.75, 3.05) is 13.4 Å². The zero-order valence-electron chi connectivity index (χ0n) is 21.1. The molecular formula is C23H33N5O3S2Si. The molecular weight excluding hydrogens is 487 g/mol. The van der Waals surface area contributed by atoms with Gasteiger partial charge in [-0.1, -0.05) is 38.2 Å². The maximum atomic E-state index is 11.9. The van der Waals surface area contributed by atoms with Gasteiger partial charge in [-0.2, -0.15) is 0 Å². The quantitative estimate of drug-likeness (QED) is 0.313. The van der Waals surface area contributed by atoms with Gasteiger partial charge in [0.1, 0.15) is 6.73 Å². The number of aryl methyl sites for hydroxylation is 1. The second-order valence-electron chi connectivity index (χ2n) is 9.54. The van der Waals surface area contributed by atoms with Crippen LogP contribution in [0.3, 0.4) is 0 Å². The van der Waals surface area contributed by atoms with Crippen molar-refractivity contribution in [1.29, 1.82) is 0 Å². The molecule has 8 nitrogen and oxygen atoms in total. The van der Waals surface area contributed by atoms with Gasteiger partial charge in [0, 0.05) is 25.3 Å². The van der Waals surface area contributed by atoms with E-state index in [1.807, 2.05) is 42.0 Å². The summed E-state index contributed by atoms with van der Waals surface area (Å²) in [5, 5.41) is 0.453. The summed E-state index contributed by atoms with van der Waals surface area (Å²) in [5.74, 6) is 0.601. The van der Waals surface area contributed by atoms with E-state index in [1.54, 1.807) is 13.4 Å². The van der Waals surface area contributed by atoms with Gasteiger partial charge >= 0.3 is 0 Å². The number of pyridine rings is 1. The highest BCUT2D eigenvalue weighted by Crippen LogP contribution is 2.37. The highest BCUT2D eigenvalue weighted by molar-refractivity contribution is 7.84. The van der Waals surface area contributed by atoms with Crippen molar-refractivity contribution in [2.24, 2.45) is 4.99 Å². The fourth-order valence-corrected chi connectivity index (χ4v) is 5.18. The standard InChI is InChI=1S/C23H33N5O3S2Si/c1-16-12-18(26-21(24-16)33(6)29)19-13-28(15-30-5)22(32-19)27-20-11-9-10-17(25-20)14-31-34(7,8)23(2,3)4/h9-13H,14-15H2,1-8H3/b27-22-. The van der Waals surface area contributed by atoms with Crippen molar-refractivity contribution < 1.29 is 13.4 Å². The van der Waals surface area contributed by atoms with Crippen molar-refractivity contribution in [3.05, 3.63) is 46.7 Å². The number of nitrogens with zero attached hydrogens (tertiary/aromatic N) is 5. The summed E-state index contributed by atoms with van der Waals surface area (Å²) < 4.78 is 25.5. The summed E-state index contributed by atoms with van der Waals surface area (Å²) in [4.78, 5) is 19.8. The molecule has 3 aromatic rings. The van der Waals surface area contributed by atoms with E-state index < -0.39 is 19.1 Å². The second kappa shape index (κ2) is 10.7. The lowest BCUT2D eigenvalue weighted by Gasteiger charge is -2.36. The normalized spacial score (nSPS) is 13.9. The van der Waals surface area contributed by atoms with Crippen molar-refractivity contribution in [3.63, 3.8) is 0 Å². The second-order valence-corrected chi connectivity index (χ2v) is 16.6. The van der Waals surface area contributed by atoms with Crippen LogP contribution in [0.25, 0.3) is 10.6 Å². The highest BCUT2D eigenvalue weighted by Gasteiger charge is 2.37. The lowest BCUT2D eigenvalue weighted by molar-refractivity contribution is 0.129. The Kier molecular flexibility index (Phi) is 8.35. The van der Waals surface area contributed by atoms with E-state index in [0.29, 0.717) is 30.0 Å². The molecule has 0 saturated carbocycles. The Morgan fingerprint density at radius 2 is 1.94 bits per heavy atom. The largest absolute Gasteiger partial charge is 0.411 e. The summed E-state index contributed by atoms with van der Waals surface area (Å²) >= 11 is 1.47. The Balaban J connectivity index is 1.95. The van der Waals surface area contributed by atoms with E-state index in [9.17, 15) is 4.21 Å². The van der Waals surface area contributed by atoms with Crippen molar-refractivity contribution in [3.8, 4) is 10.6 Å². The van der Waals surface area contributed by atoms with Crippen LogP contribution in [0, 0.1) is 6.92 Å². The minimum absolute atomic E-state index is 0.137. The minimum Gasteiger partial charge on any atom is -0.411 e. The third-order valence-electron chi connectivity index (χ3n) is 5.72. The van der Waals surface area contributed by atoms with E-state index in [2.05, 4.69) is 43.8 Å². The van der Waals surface area contributed by atoms with Crippen LogP contribution in [0.15, 0.2) is 40.6 Å². The first kappa shape index (κ1) is 26.5. The SMILES string of the molecule is COCn1cc(-c2cc(C)nc(S(C)=O)n2)s/c1=N\c1cccc(CO[Si](C)(C)C(C)(C)C)n1. The van der Waals surface area contributed by atoms with Gasteiger partial charge in [0.15, 0.2) is 18.9 Å². The van der Waals surface area contributed by atoms with Crippen molar-refractivity contribution in [2.45, 2.75) is 64.3 Å². The van der Waals surface area contributed by atoms with E-state index in [1.165, 1.54) is 11.3 Å². The third-order valence-corrected chi connectivity index (χ3v) is 11.9. The molecule has 0 saturated heterocycles. The van der Waals surface area contributed by atoms with Crippen LogP contribution in [-0.2, 0) is 33.3 Å². The molecule has 3 aromatic heterocycles. The predicted molar refractivity (Wildman–Crippen MR) is 139 cm³/mol. The van der Waals surface area contributed by atoms with Gasteiger partial charge < -0.3 is 9.16 Å². The number of aromatic nitrogens is 4. The van der Waals surface area contributed by atoms with Crippen LogP contribution in [0.5, 0.6) is 0 Å². The van der Waals surface area contributed by atoms with Crippen LogP contribution in [0.4, 0.5) is 5.82 Å². The van der Waals surface area contributed by atoms with E-state index >= 15 is 0 Å². The fraction of sp³-hybridized carbons (Fsp3) is 0.478. The highest BCUT2D eigenvalue weighted by atomic mass is 32.2. The zero-order valence-corrected chi connectivity index (χ0v) is 23.7. The third kappa shape index (κ3) is 6.54. The molecule has 0 bridgehead atoms. The molecule has 0 aromatic carbocycles. The minimum atomic E-state index is -1.87. The van der Waals surface area contributed by atoms with Gasteiger partial charge in [0.25, 0.3) is 0 Å². The Bertz CT molecular complexity index is 1250. The van der Waals surface area contributed by atoms with Crippen molar-refractivity contribution >= 4 is 36.3 Å². The Morgan fingerprint density at radius 1 is 1.21 bits per heavy atom. The molecule has 0 aliphatic carbocycles. The molecule has 34 heavy (non-hydrogen) atoms. The average Bonchev–Trinajstić information content (AvgIpc) is 3.14. The van der Waals surface area contributed by atoms with Gasteiger partial charge in [-0.15, -0.1) is 0 Å². The predicted octanol–water partition coefficient (Wildman–Crippen LogP) is 4.81. The van der Waals surface area contributed by atoms with Gasteiger partial charge in [0.05, 0.1) is 33.7 Å². The van der Waals surface area contributed by atoms with Gasteiger partial charge in [-0.25, -0.2) is 19.9 Å². The number of ether oxygens (including phenoxy) is 1. The van der Waals surface area contributed by atoms with Gasteiger partial charge in [-0.3, -0.25) is 8.78 Å². The van der Waals surface area contributed by atoms with Crippen LogP contribution in [-0.4, -0.2) is 45.4 Å². The molecule has 3 heterocycles. The number of hydrogen-bond acceptors (Lipinski definition) is 8. The average molecular weight is 520 g/mol. The maximum Gasteiger partial charge on any atom is 0.218 e. The molecule has 11 heteroatoms. The molecule has 0 radical (unpaired) electrons.